The molecule has 2 heterocycles. The fourth-order valence-corrected chi connectivity index (χ4v) is 3.74. The second kappa shape index (κ2) is 6.71. The molecule has 0 aromatic heterocycles. The predicted octanol–water partition coefficient (Wildman–Crippen LogP) is 3.40. The van der Waals surface area contributed by atoms with Gasteiger partial charge in [-0.05, 0) is 48.6 Å². The fraction of sp³-hybridized carbons (Fsp3) is 0.333. The summed E-state index contributed by atoms with van der Waals surface area (Å²) in [5.41, 5.74) is 3.71. The molecule has 25 heavy (non-hydrogen) atoms. The lowest BCUT2D eigenvalue weighted by Crippen LogP contribution is -2.35. The van der Waals surface area contributed by atoms with E-state index in [1.807, 2.05) is 58.3 Å². The van der Waals surface area contributed by atoms with Gasteiger partial charge in [-0.1, -0.05) is 30.3 Å². The van der Waals surface area contributed by atoms with Gasteiger partial charge in [0.15, 0.2) is 0 Å². The highest BCUT2D eigenvalue weighted by Crippen LogP contribution is 2.31. The molecule has 0 aliphatic carbocycles. The van der Waals surface area contributed by atoms with Crippen LogP contribution >= 0.6 is 0 Å². The summed E-state index contributed by atoms with van der Waals surface area (Å²) in [7, 11) is 0. The number of likely N-dealkylation sites (tertiary alicyclic amines) is 1. The summed E-state index contributed by atoms with van der Waals surface area (Å²) in [4.78, 5) is 28.9. The lowest BCUT2D eigenvalue weighted by atomic mass is 10.1. The number of hydrogen-bond donors (Lipinski definition) is 0. The zero-order chi connectivity index (χ0) is 17.2. The van der Waals surface area contributed by atoms with E-state index >= 15 is 0 Å². The maximum atomic E-state index is 12.7. The Labute approximate surface area is 148 Å². The first-order valence-corrected chi connectivity index (χ1v) is 8.99. The highest BCUT2D eigenvalue weighted by Gasteiger charge is 2.28. The molecule has 0 atom stereocenters. The van der Waals surface area contributed by atoms with Gasteiger partial charge in [0, 0.05) is 24.3 Å². The van der Waals surface area contributed by atoms with E-state index in [-0.39, 0.29) is 11.8 Å². The van der Waals surface area contributed by atoms with Crippen LogP contribution in [-0.2, 0) is 17.8 Å². The van der Waals surface area contributed by atoms with Crippen LogP contribution in [0.3, 0.4) is 0 Å². The van der Waals surface area contributed by atoms with Crippen molar-refractivity contribution < 1.29 is 9.59 Å². The zero-order valence-electron chi connectivity index (χ0n) is 14.3. The smallest absolute Gasteiger partial charge is 0.253 e. The quantitative estimate of drug-likeness (QED) is 0.863. The summed E-state index contributed by atoms with van der Waals surface area (Å²) in [6, 6.07) is 15.7. The van der Waals surface area contributed by atoms with Crippen LogP contribution in [-0.4, -0.2) is 29.8 Å². The first-order valence-electron chi connectivity index (χ1n) is 8.99. The minimum atomic E-state index is 0.0939. The Morgan fingerprint density at radius 1 is 0.960 bits per heavy atom. The summed E-state index contributed by atoms with van der Waals surface area (Å²) in [6.45, 7) is 2.26. The molecule has 128 valence electrons. The third-order valence-corrected chi connectivity index (χ3v) is 5.09. The number of fused-ring (bicyclic) bond motifs is 1. The number of piperidine rings is 1. The minimum absolute atomic E-state index is 0.0939. The van der Waals surface area contributed by atoms with Gasteiger partial charge in [0.1, 0.15) is 0 Å². The third kappa shape index (κ3) is 3.16. The molecular formula is C21H22N2O2. The number of anilines is 1. The molecule has 4 heteroatoms. The first-order chi connectivity index (χ1) is 12.2. The third-order valence-electron chi connectivity index (χ3n) is 5.09. The number of hydrogen-bond acceptors (Lipinski definition) is 2. The van der Waals surface area contributed by atoms with Crippen LogP contribution < -0.4 is 4.90 Å². The van der Waals surface area contributed by atoms with Gasteiger partial charge in [-0.2, -0.15) is 0 Å². The highest BCUT2D eigenvalue weighted by molar-refractivity contribution is 6.03. The van der Waals surface area contributed by atoms with Gasteiger partial charge in [0.2, 0.25) is 5.91 Å². The molecule has 2 aliphatic rings. The van der Waals surface area contributed by atoms with Gasteiger partial charge >= 0.3 is 0 Å². The van der Waals surface area contributed by atoms with Crippen molar-refractivity contribution in [2.75, 3.05) is 18.0 Å². The van der Waals surface area contributed by atoms with Gasteiger partial charge in [0.25, 0.3) is 5.91 Å². The molecular weight excluding hydrogens is 312 g/mol. The molecule has 2 aromatic carbocycles. The molecule has 0 spiro atoms. The average Bonchev–Trinajstić information content (AvgIpc) is 2.97. The number of carbonyl (C=O) groups is 2. The van der Waals surface area contributed by atoms with E-state index in [1.54, 1.807) is 0 Å². The largest absolute Gasteiger partial charge is 0.339 e. The van der Waals surface area contributed by atoms with Crippen molar-refractivity contribution in [3.05, 3.63) is 65.2 Å². The lowest BCUT2D eigenvalue weighted by Gasteiger charge is -2.27. The van der Waals surface area contributed by atoms with Crippen LogP contribution in [0.1, 0.15) is 40.7 Å². The van der Waals surface area contributed by atoms with Crippen molar-refractivity contribution in [3.63, 3.8) is 0 Å². The second-order valence-electron chi connectivity index (χ2n) is 6.84. The van der Waals surface area contributed by atoms with Crippen molar-refractivity contribution in [2.24, 2.45) is 0 Å². The van der Waals surface area contributed by atoms with E-state index in [0.717, 1.165) is 42.7 Å². The standard InChI is InChI=1S/C21H22N2O2/c24-20-14-18-13-17(21(25)22-11-5-2-6-12-22)9-10-19(18)23(20)15-16-7-3-1-4-8-16/h1,3-4,7-10,13H,2,5-6,11-12,14-15H2. The maximum absolute atomic E-state index is 12.7. The Morgan fingerprint density at radius 3 is 2.48 bits per heavy atom. The molecule has 0 radical (unpaired) electrons. The molecule has 1 saturated heterocycles. The van der Waals surface area contributed by atoms with Crippen LogP contribution in [0, 0.1) is 0 Å². The Hall–Kier alpha value is -2.62. The number of benzene rings is 2. The van der Waals surface area contributed by atoms with Crippen LogP contribution in [0.2, 0.25) is 0 Å². The number of amides is 2. The van der Waals surface area contributed by atoms with Crippen LogP contribution in [0.4, 0.5) is 5.69 Å². The molecule has 0 saturated carbocycles. The molecule has 0 unspecified atom stereocenters. The maximum Gasteiger partial charge on any atom is 0.253 e. The number of carbonyl (C=O) groups excluding carboxylic acids is 2. The Kier molecular flexibility index (Phi) is 4.26. The molecule has 2 amide bonds. The van der Waals surface area contributed by atoms with Gasteiger partial charge in [-0.15, -0.1) is 0 Å². The van der Waals surface area contributed by atoms with E-state index in [1.165, 1.54) is 6.42 Å². The second-order valence-corrected chi connectivity index (χ2v) is 6.84. The number of nitrogens with zero attached hydrogens (tertiary/aromatic N) is 2. The van der Waals surface area contributed by atoms with E-state index in [4.69, 9.17) is 0 Å². The predicted molar refractivity (Wildman–Crippen MR) is 97.5 cm³/mol. The monoisotopic (exact) mass is 334 g/mol. The lowest BCUT2D eigenvalue weighted by molar-refractivity contribution is -0.117. The van der Waals surface area contributed by atoms with E-state index in [9.17, 15) is 9.59 Å². The topological polar surface area (TPSA) is 40.6 Å². The van der Waals surface area contributed by atoms with Gasteiger partial charge in [0.05, 0.1) is 13.0 Å². The van der Waals surface area contributed by atoms with Crippen LogP contribution in [0.5, 0.6) is 0 Å². The summed E-state index contributed by atoms with van der Waals surface area (Å²) < 4.78 is 0. The molecule has 4 rings (SSSR count). The normalized spacial score (nSPS) is 16.9. The SMILES string of the molecule is O=C(c1ccc2c(c1)CC(=O)N2Cc1ccccc1)N1CCCCC1. The molecule has 4 nitrogen and oxygen atoms in total. The van der Waals surface area contributed by atoms with E-state index < -0.39 is 0 Å². The fourth-order valence-electron chi connectivity index (χ4n) is 3.74. The number of rotatable bonds is 3. The summed E-state index contributed by atoms with van der Waals surface area (Å²) in [5.74, 6) is 0.192. The zero-order valence-corrected chi connectivity index (χ0v) is 14.3. The molecule has 2 aromatic rings. The van der Waals surface area contributed by atoms with E-state index in [2.05, 4.69) is 0 Å². The molecule has 0 bridgehead atoms. The van der Waals surface area contributed by atoms with Gasteiger partial charge in [-0.25, -0.2) is 0 Å². The molecule has 1 fully saturated rings. The Balaban J connectivity index is 1.56. The summed E-state index contributed by atoms with van der Waals surface area (Å²) in [6.07, 6.45) is 3.75. The van der Waals surface area contributed by atoms with E-state index in [0.29, 0.717) is 18.5 Å². The van der Waals surface area contributed by atoms with Crippen molar-refractivity contribution in [2.45, 2.75) is 32.2 Å². The molecule has 0 N–H and O–H groups in total. The van der Waals surface area contributed by atoms with Crippen LogP contribution in [0.15, 0.2) is 48.5 Å². The Morgan fingerprint density at radius 2 is 1.72 bits per heavy atom. The first kappa shape index (κ1) is 15.9. The van der Waals surface area contributed by atoms with Crippen molar-refractivity contribution in [3.8, 4) is 0 Å². The van der Waals surface area contributed by atoms with Crippen molar-refractivity contribution >= 4 is 17.5 Å². The summed E-state index contributed by atoms with van der Waals surface area (Å²) >= 11 is 0. The average molecular weight is 334 g/mol. The van der Waals surface area contributed by atoms with Crippen molar-refractivity contribution in [1.29, 1.82) is 0 Å². The molecule has 2 aliphatic heterocycles. The Bertz CT molecular complexity index is 795. The van der Waals surface area contributed by atoms with Crippen molar-refractivity contribution in [1.82, 2.24) is 4.90 Å². The minimum Gasteiger partial charge on any atom is -0.339 e. The van der Waals surface area contributed by atoms with Crippen LogP contribution in [0.25, 0.3) is 0 Å². The van der Waals surface area contributed by atoms with Gasteiger partial charge in [-0.3, -0.25) is 9.59 Å². The van der Waals surface area contributed by atoms with Gasteiger partial charge < -0.3 is 9.80 Å². The summed E-state index contributed by atoms with van der Waals surface area (Å²) in [5, 5.41) is 0. The highest BCUT2D eigenvalue weighted by atomic mass is 16.2.